The fourth-order valence-corrected chi connectivity index (χ4v) is 13.1. The first-order chi connectivity index (χ1) is 31.3. The van der Waals surface area contributed by atoms with E-state index in [1.165, 1.54) is 102 Å². The van der Waals surface area contributed by atoms with Crippen LogP contribution in [0.4, 0.5) is 11.4 Å². The van der Waals surface area contributed by atoms with Crippen LogP contribution in [0.5, 0.6) is 0 Å². The van der Waals surface area contributed by atoms with E-state index in [2.05, 4.69) is 204 Å². The highest BCUT2D eigenvalue weighted by Gasteiger charge is 2.41. The molecule has 14 rings (SSSR count). The molecule has 1 aromatic heterocycles. The van der Waals surface area contributed by atoms with Gasteiger partial charge in [0.05, 0.1) is 22.8 Å². The number of hydrogen-bond donors (Lipinski definition) is 0. The van der Waals surface area contributed by atoms with Gasteiger partial charge in [0, 0.05) is 45.3 Å². The monoisotopic (exact) mass is 808 g/mol. The Morgan fingerprint density at radius 2 is 1.33 bits per heavy atom. The van der Waals surface area contributed by atoms with E-state index in [4.69, 9.17) is 0 Å². The summed E-state index contributed by atoms with van der Waals surface area (Å²) in [6.45, 7) is 0. The molecular weight excluding hydrogens is 761 g/mol. The fraction of sp³-hybridized carbons (Fsp3) is 0.180. The summed E-state index contributed by atoms with van der Waals surface area (Å²) in [6, 6.07) is 46.4. The van der Waals surface area contributed by atoms with Crippen LogP contribution in [0.1, 0.15) is 71.3 Å². The molecule has 6 atom stereocenters. The minimum atomic E-state index is 0.217. The fourth-order valence-electron chi connectivity index (χ4n) is 13.1. The average Bonchev–Trinajstić information content (AvgIpc) is 3.66. The summed E-state index contributed by atoms with van der Waals surface area (Å²) >= 11 is 0. The van der Waals surface area contributed by atoms with Gasteiger partial charge in [-0.2, -0.15) is 0 Å². The Kier molecular flexibility index (Phi) is 7.81. The molecule has 0 radical (unpaired) electrons. The first-order valence-electron chi connectivity index (χ1n) is 23.4. The van der Waals surface area contributed by atoms with E-state index in [0.29, 0.717) is 23.7 Å². The molecule has 0 fully saturated rings. The Hall–Kier alpha value is -6.90. The van der Waals surface area contributed by atoms with Gasteiger partial charge in [0.25, 0.3) is 0 Å². The second-order valence-corrected chi connectivity index (χ2v) is 18.9. The Morgan fingerprint density at radius 3 is 2.30 bits per heavy atom. The highest BCUT2D eigenvalue weighted by molar-refractivity contribution is 6.12. The van der Waals surface area contributed by atoms with E-state index >= 15 is 0 Å². The zero-order valence-electron chi connectivity index (χ0n) is 35.4. The predicted molar refractivity (Wildman–Crippen MR) is 266 cm³/mol. The average molecular weight is 809 g/mol. The lowest BCUT2D eigenvalue weighted by atomic mass is 9.72. The first-order valence-corrected chi connectivity index (χ1v) is 23.4. The molecule has 4 unspecified atom stereocenters. The van der Waals surface area contributed by atoms with Gasteiger partial charge in [0.2, 0.25) is 0 Å². The van der Waals surface area contributed by atoms with E-state index in [0.717, 1.165) is 12.8 Å². The Morgan fingerprint density at radius 1 is 0.524 bits per heavy atom. The zero-order chi connectivity index (χ0) is 41.2. The molecule has 6 aliphatic rings. The van der Waals surface area contributed by atoms with Crippen LogP contribution in [0.15, 0.2) is 188 Å². The van der Waals surface area contributed by atoms with Gasteiger partial charge in [-0.1, -0.05) is 146 Å². The number of rotatable bonds is 3. The summed E-state index contributed by atoms with van der Waals surface area (Å²) < 4.78 is 2.46. The number of benzene rings is 7. The first kappa shape index (κ1) is 35.7. The molecule has 0 N–H and O–H groups in total. The number of aromatic nitrogens is 1. The van der Waals surface area contributed by atoms with Gasteiger partial charge in [0.15, 0.2) is 0 Å². The lowest BCUT2D eigenvalue weighted by molar-refractivity contribution is 0.333. The molecule has 2 nitrogen and oxygen atoms in total. The molecule has 2 heteroatoms. The number of allylic oxidation sites excluding steroid dienone is 9. The highest BCUT2D eigenvalue weighted by Crippen LogP contribution is 2.55. The summed E-state index contributed by atoms with van der Waals surface area (Å²) in [4.78, 5) is 2.66. The lowest BCUT2D eigenvalue weighted by Crippen LogP contribution is -2.28. The smallest absolute Gasteiger partial charge is 0.0629 e. The maximum Gasteiger partial charge on any atom is 0.0629 e. The van der Waals surface area contributed by atoms with Gasteiger partial charge in [-0.15, -0.1) is 0 Å². The van der Waals surface area contributed by atoms with Crippen LogP contribution >= 0.6 is 0 Å². The van der Waals surface area contributed by atoms with Gasteiger partial charge in [-0.25, -0.2) is 0 Å². The van der Waals surface area contributed by atoms with Crippen molar-refractivity contribution in [1.29, 1.82) is 0 Å². The van der Waals surface area contributed by atoms with E-state index in [1.807, 2.05) is 0 Å². The largest absolute Gasteiger partial charge is 0.333 e. The second kappa shape index (κ2) is 13.8. The van der Waals surface area contributed by atoms with Crippen molar-refractivity contribution in [3.8, 4) is 16.8 Å². The number of para-hydroxylation sites is 1. The molecule has 2 heterocycles. The topological polar surface area (TPSA) is 8.17 Å². The molecule has 2 bridgehead atoms. The van der Waals surface area contributed by atoms with Crippen molar-refractivity contribution in [2.24, 2.45) is 11.8 Å². The quantitative estimate of drug-likeness (QED) is 0.161. The lowest BCUT2D eigenvalue weighted by Gasteiger charge is -2.33. The summed E-state index contributed by atoms with van der Waals surface area (Å²) in [5.41, 5.74) is 16.5. The molecule has 302 valence electrons. The molecule has 63 heavy (non-hydrogen) atoms. The predicted octanol–water partition coefficient (Wildman–Crippen LogP) is 15.7. The molecule has 5 aliphatic carbocycles. The van der Waals surface area contributed by atoms with Crippen molar-refractivity contribution >= 4 is 60.8 Å². The number of nitrogens with zero attached hydrogens (tertiary/aromatic N) is 2. The van der Waals surface area contributed by atoms with Crippen molar-refractivity contribution in [2.75, 3.05) is 4.90 Å². The van der Waals surface area contributed by atoms with Gasteiger partial charge in [0.1, 0.15) is 0 Å². The van der Waals surface area contributed by atoms with E-state index < -0.39 is 0 Å². The number of fused-ring (bicyclic) bond motifs is 19. The number of hydrogen-bond acceptors (Lipinski definition) is 1. The second-order valence-electron chi connectivity index (χ2n) is 18.9. The van der Waals surface area contributed by atoms with Crippen LogP contribution in [0.25, 0.3) is 66.2 Å². The normalized spacial score (nSPS) is 23.8. The van der Waals surface area contributed by atoms with Crippen LogP contribution in [-0.4, -0.2) is 10.6 Å². The van der Waals surface area contributed by atoms with Crippen LogP contribution in [0, 0.1) is 11.8 Å². The molecule has 0 saturated carbocycles. The van der Waals surface area contributed by atoms with Crippen molar-refractivity contribution < 1.29 is 0 Å². The van der Waals surface area contributed by atoms with E-state index in [-0.39, 0.29) is 12.0 Å². The third-order valence-electron chi connectivity index (χ3n) is 15.8. The molecular formula is C61H48N2. The summed E-state index contributed by atoms with van der Waals surface area (Å²) in [6.07, 6.45) is 35.1. The number of aryl methyl sites for hydroxylation is 1. The standard InChI is InChI=1S/C61H48N2/c1-2-16-42-34-41(15-1)44-18-5-7-23-50(44)61-54-37-43(30-31-47(54)46-20-6-8-24-51(46)60(42)61)62-56-25-11-9-21-48(56)52-35-39(28-32-58(52)62)40-29-33-59-53(36-40)49-22-10-12-26-57(49)63(59)55-27-13-17-38-14-3-4-19-45(38)55/h2-5,7-14,16-19,21-33,35-37,41-42,44,48,50,56H,1,6,15,20,34H2/t41-,42?,44?,48?,50-,56?/m1/s1. The Labute approximate surface area is 369 Å². The van der Waals surface area contributed by atoms with Gasteiger partial charge in [-0.05, 0) is 148 Å². The van der Waals surface area contributed by atoms with Crippen LogP contribution in [-0.2, 0) is 6.42 Å². The minimum Gasteiger partial charge on any atom is -0.333 e. The van der Waals surface area contributed by atoms with E-state index in [9.17, 15) is 0 Å². The maximum absolute atomic E-state index is 2.66. The summed E-state index contributed by atoms with van der Waals surface area (Å²) in [5, 5.41) is 8.01. The zero-order valence-corrected chi connectivity index (χ0v) is 35.4. The third-order valence-corrected chi connectivity index (χ3v) is 15.8. The molecule has 8 aromatic rings. The van der Waals surface area contributed by atoms with Gasteiger partial charge >= 0.3 is 0 Å². The van der Waals surface area contributed by atoms with Crippen molar-refractivity contribution in [2.45, 2.75) is 55.9 Å². The molecule has 0 saturated heterocycles. The minimum absolute atomic E-state index is 0.217. The summed E-state index contributed by atoms with van der Waals surface area (Å²) in [5.74, 6) is 2.34. The van der Waals surface area contributed by atoms with Crippen molar-refractivity contribution in [3.05, 3.63) is 216 Å². The van der Waals surface area contributed by atoms with Crippen LogP contribution in [0.3, 0.4) is 0 Å². The van der Waals surface area contributed by atoms with Gasteiger partial charge in [-0.3, -0.25) is 0 Å². The molecule has 7 aromatic carbocycles. The maximum atomic E-state index is 2.66. The summed E-state index contributed by atoms with van der Waals surface area (Å²) in [7, 11) is 0. The van der Waals surface area contributed by atoms with E-state index in [1.54, 1.807) is 16.7 Å². The Bertz CT molecular complexity index is 3430. The van der Waals surface area contributed by atoms with Gasteiger partial charge < -0.3 is 9.47 Å². The van der Waals surface area contributed by atoms with Crippen molar-refractivity contribution in [1.82, 2.24) is 4.57 Å². The number of anilines is 2. The molecule has 0 amide bonds. The SMILES string of the molecule is C1=CC2c3cc(-c4ccc5c(c4)c4ccccc4n5-c4cccc5ccccc45)ccc3N(c3ccc4c5c(c6c(c4c3)[C@@H]3C=CC=CC3[C@@H]3CCC=CC6C3)C=CCC5)C2C=C1. The van der Waals surface area contributed by atoms with Crippen LogP contribution < -0.4 is 4.90 Å². The Balaban J connectivity index is 0.922. The third kappa shape index (κ3) is 5.25. The highest BCUT2D eigenvalue weighted by atomic mass is 15.2. The van der Waals surface area contributed by atoms with Crippen molar-refractivity contribution in [3.63, 3.8) is 0 Å². The van der Waals surface area contributed by atoms with Crippen LogP contribution in [0.2, 0.25) is 0 Å². The molecule has 0 spiro atoms. The molecule has 1 aliphatic heterocycles.